The van der Waals surface area contributed by atoms with Crippen LogP contribution in [-0.2, 0) is 17.6 Å². The zero-order valence-corrected chi connectivity index (χ0v) is 15.8. The van der Waals surface area contributed by atoms with Gasteiger partial charge in [0, 0.05) is 18.8 Å². The molecule has 1 aliphatic carbocycles. The number of H-pyrrole nitrogens is 1. The Labute approximate surface area is 159 Å². The second kappa shape index (κ2) is 7.73. The molecular formula is C20H29N3O4. The van der Waals surface area contributed by atoms with Crippen molar-refractivity contribution in [2.24, 2.45) is 0 Å². The van der Waals surface area contributed by atoms with Gasteiger partial charge in [-0.2, -0.15) is 0 Å². The van der Waals surface area contributed by atoms with Gasteiger partial charge in [-0.1, -0.05) is 0 Å². The number of nitrogens with one attached hydrogen (secondary N) is 1. The second-order valence-electron chi connectivity index (χ2n) is 8.21. The highest BCUT2D eigenvalue weighted by atomic mass is 16.5. The van der Waals surface area contributed by atoms with Crippen molar-refractivity contribution in [1.82, 2.24) is 14.8 Å². The number of pyridine rings is 1. The molecule has 1 aromatic rings. The number of ether oxygens (including phenoxy) is 1. The van der Waals surface area contributed by atoms with Crippen molar-refractivity contribution in [2.75, 3.05) is 45.9 Å². The third-order valence-corrected chi connectivity index (χ3v) is 5.93. The van der Waals surface area contributed by atoms with Crippen LogP contribution in [0, 0.1) is 0 Å². The van der Waals surface area contributed by atoms with E-state index in [1.54, 1.807) is 11.0 Å². The molecule has 3 aliphatic rings. The van der Waals surface area contributed by atoms with Crippen molar-refractivity contribution >= 4 is 5.91 Å². The first-order chi connectivity index (χ1) is 13.0. The van der Waals surface area contributed by atoms with E-state index in [2.05, 4.69) is 9.88 Å². The number of rotatable bonds is 3. The third-order valence-electron chi connectivity index (χ3n) is 5.93. The van der Waals surface area contributed by atoms with Gasteiger partial charge in [0.2, 0.25) is 0 Å². The summed E-state index contributed by atoms with van der Waals surface area (Å²) in [6, 6.07) is 1.76. The van der Waals surface area contributed by atoms with E-state index in [9.17, 15) is 14.7 Å². The predicted molar refractivity (Wildman–Crippen MR) is 101 cm³/mol. The summed E-state index contributed by atoms with van der Waals surface area (Å²) < 4.78 is 5.60. The van der Waals surface area contributed by atoms with Gasteiger partial charge in [-0.15, -0.1) is 0 Å². The summed E-state index contributed by atoms with van der Waals surface area (Å²) in [5.41, 5.74) is 0.794. The number of nitrogens with zero attached hydrogens (tertiary/aromatic N) is 2. The molecule has 0 aromatic carbocycles. The molecule has 1 amide bonds. The smallest absolute Gasteiger partial charge is 0.261 e. The van der Waals surface area contributed by atoms with E-state index in [4.69, 9.17) is 4.74 Å². The minimum absolute atomic E-state index is 0.182. The summed E-state index contributed by atoms with van der Waals surface area (Å²) in [5.74, 6) is -0.310. The van der Waals surface area contributed by atoms with Crippen molar-refractivity contribution in [1.29, 1.82) is 0 Å². The Morgan fingerprint density at radius 1 is 1.19 bits per heavy atom. The molecule has 2 fully saturated rings. The van der Waals surface area contributed by atoms with E-state index >= 15 is 0 Å². The molecule has 148 valence electrons. The molecule has 0 bridgehead atoms. The maximum absolute atomic E-state index is 13.1. The highest BCUT2D eigenvalue weighted by Gasteiger charge is 2.37. The quantitative estimate of drug-likeness (QED) is 0.806. The average molecular weight is 375 g/mol. The number of hydrogen-bond donors (Lipinski definition) is 2. The first-order valence-electron chi connectivity index (χ1n) is 10.1. The summed E-state index contributed by atoms with van der Waals surface area (Å²) in [6.45, 7) is 3.61. The molecule has 2 N–H and O–H groups in total. The maximum Gasteiger partial charge on any atom is 0.261 e. The predicted octanol–water partition coefficient (Wildman–Crippen LogP) is 0.553. The van der Waals surface area contributed by atoms with Crippen LogP contribution >= 0.6 is 0 Å². The van der Waals surface area contributed by atoms with Gasteiger partial charge in [-0.05, 0) is 63.2 Å². The zero-order valence-electron chi connectivity index (χ0n) is 15.8. The van der Waals surface area contributed by atoms with E-state index in [1.165, 1.54) is 0 Å². The van der Waals surface area contributed by atoms with Gasteiger partial charge in [0.15, 0.2) is 0 Å². The first kappa shape index (κ1) is 18.7. The number of aromatic amines is 1. The minimum atomic E-state index is -1.10. The molecule has 7 nitrogen and oxygen atoms in total. The van der Waals surface area contributed by atoms with E-state index in [-0.39, 0.29) is 30.2 Å². The molecule has 27 heavy (non-hydrogen) atoms. The fourth-order valence-electron chi connectivity index (χ4n) is 4.55. The first-order valence-corrected chi connectivity index (χ1v) is 10.1. The molecule has 0 unspecified atom stereocenters. The van der Waals surface area contributed by atoms with Crippen molar-refractivity contribution in [3.63, 3.8) is 0 Å². The molecular weight excluding hydrogens is 346 g/mol. The molecule has 4 rings (SSSR count). The number of aryl methyl sites for hydroxylation is 2. The molecule has 1 aromatic heterocycles. The van der Waals surface area contributed by atoms with Crippen LogP contribution in [0.5, 0.6) is 0 Å². The van der Waals surface area contributed by atoms with Crippen LogP contribution in [0.1, 0.15) is 47.3 Å². The number of fused-ring (bicyclic) bond motifs is 1. The Kier molecular flexibility index (Phi) is 5.34. The van der Waals surface area contributed by atoms with Gasteiger partial charge in [-0.25, -0.2) is 0 Å². The molecule has 7 heteroatoms. The molecule has 3 heterocycles. The molecule has 0 radical (unpaired) electrons. The van der Waals surface area contributed by atoms with Crippen molar-refractivity contribution in [3.8, 4) is 0 Å². The lowest BCUT2D eigenvalue weighted by Gasteiger charge is -2.34. The Morgan fingerprint density at radius 3 is 2.78 bits per heavy atom. The maximum atomic E-state index is 13.1. The largest absolute Gasteiger partial charge is 0.384 e. The SMILES string of the molecule is O=C(c1cc2c([nH]c1=O)CCCC2)N1CCOC[C@@](O)(CN2CCCC2)C1. The lowest BCUT2D eigenvalue weighted by molar-refractivity contribution is -0.0524. The van der Waals surface area contributed by atoms with Crippen molar-refractivity contribution in [2.45, 2.75) is 44.1 Å². The molecule has 0 saturated carbocycles. The lowest BCUT2D eigenvalue weighted by atomic mass is 9.94. The van der Waals surface area contributed by atoms with Crippen LogP contribution in [0.4, 0.5) is 0 Å². The zero-order chi connectivity index (χ0) is 18.9. The number of aromatic nitrogens is 1. The summed E-state index contributed by atoms with van der Waals surface area (Å²) >= 11 is 0. The number of amides is 1. The average Bonchev–Trinajstić information content (AvgIpc) is 3.07. The molecule has 0 spiro atoms. The topological polar surface area (TPSA) is 85.9 Å². The summed E-state index contributed by atoms with van der Waals surface area (Å²) in [5, 5.41) is 11.1. The van der Waals surface area contributed by atoms with Crippen LogP contribution in [0.2, 0.25) is 0 Å². The van der Waals surface area contributed by atoms with Gasteiger partial charge in [-0.3, -0.25) is 9.59 Å². The van der Waals surface area contributed by atoms with Crippen LogP contribution in [0.25, 0.3) is 0 Å². The number of carbonyl (C=O) groups is 1. The van der Waals surface area contributed by atoms with E-state index in [0.717, 1.165) is 62.9 Å². The molecule has 2 aliphatic heterocycles. The number of hydrogen-bond acceptors (Lipinski definition) is 5. The Bertz CT molecular complexity index is 756. The van der Waals surface area contributed by atoms with E-state index in [0.29, 0.717) is 19.7 Å². The van der Waals surface area contributed by atoms with Gasteiger partial charge < -0.3 is 24.6 Å². The van der Waals surface area contributed by atoms with Gasteiger partial charge >= 0.3 is 0 Å². The summed E-state index contributed by atoms with van der Waals surface area (Å²) in [4.78, 5) is 32.3. The number of β-amino-alcohol motifs (C(OH)–C–C–N with tert-alkyl or cyclic N) is 1. The van der Waals surface area contributed by atoms with E-state index < -0.39 is 5.60 Å². The summed E-state index contributed by atoms with van der Waals surface area (Å²) in [7, 11) is 0. The summed E-state index contributed by atoms with van der Waals surface area (Å²) in [6.07, 6.45) is 6.21. The number of aliphatic hydroxyl groups is 1. The van der Waals surface area contributed by atoms with Crippen LogP contribution in [0.15, 0.2) is 10.9 Å². The van der Waals surface area contributed by atoms with Crippen molar-refractivity contribution < 1.29 is 14.6 Å². The van der Waals surface area contributed by atoms with Crippen LogP contribution in [0.3, 0.4) is 0 Å². The lowest BCUT2D eigenvalue weighted by Crippen LogP contribution is -2.53. The normalized spacial score (nSPS) is 26.6. The molecule has 2 saturated heterocycles. The van der Waals surface area contributed by atoms with Gasteiger partial charge in [0.25, 0.3) is 11.5 Å². The third kappa shape index (κ3) is 4.10. The standard InChI is InChI=1S/C20H29N3O4/c24-18-16(11-15-5-1-2-6-17(15)21-18)19(25)23-9-10-27-14-20(26,13-23)12-22-7-3-4-8-22/h11,26H,1-10,12-14H2,(H,21,24)/t20-/m1/s1. The van der Waals surface area contributed by atoms with Gasteiger partial charge in [0.05, 0.1) is 19.8 Å². The van der Waals surface area contributed by atoms with Gasteiger partial charge in [0.1, 0.15) is 11.2 Å². The Morgan fingerprint density at radius 2 is 1.96 bits per heavy atom. The number of carbonyl (C=O) groups excluding carboxylic acids is 1. The highest BCUT2D eigenvalue weighted by Crippen LogP contribution is 2.21. The Balaban J connectivity index is 1.54. The second-order valence-corrected chi connectivity index (χ2v) is 8.21. The molecule has 1 atom stereocenters. The van der Waals surface area contributed by atoms with Crippen LogP contribution < -0.4 is 5.56 Å². The number of likely N-dealkylation sites (tertiary alicyclic amines) is 1. The van der Waals surface area contributed by atoms with E-state index in [1.807, 2.05) is 0 Å². The monoisotopic (exact) mass is 375 g/mol. The van der Waals surface area contributed by atoms with Crippen LogP contribution in [-0.4, -0.2) is 77.3 Å². The fraction of sp³-hybridized carbons (Fsp3) is 0.700. The highest BCUT2D eigenvalue weighted by molar-refractivity contribution is 5.94. The minimum Gasteiger partial charge on any atom is -0.384 e. The fourth-order valence-corrected chi connectivity index (χ4v) is 4.55. The Hall–Kier alpha value is -1.70. The van der Waals surface area contributed by atoms with Crippen molar-refractivity contribution in [3.05, 3.63) is 33.2 Å².